The predicted octanol–water partition coefficient (Wildman–Crippen LogP) is 6.75. The Morgan fingerprint density at radius 1 is 0.562 bits per heavy atom. The van der Waals surface area contributed by atoms with Crippen LogP contribution in [0.2, 0.25) is 0 Å². The molecule has 4 N–H and O–H groups in total. The van der Waals surface area contributed by atoms with E-state index in [0.29, 0.717) is 0 Å². The van der Waals surface area contributed by atoms with Crippen LogP contribution in [0.5, 0.6) is 23.0 Å². The Labute approximate surface area is 175 Å². The van der Waals surface area contributed by atoms with Gasteiger partial charge in [0, 0.05) is 6.07 Å². The summed E-state index contributed by atoms with van der Waals surface area (Å²) in [6.45, 7) is 0. The third kappa shape index (κ3) is 4.63. The number of alkyl halides is 6. The van der Waals surface area contributed by atoms with E-state index in [4.69, 9.17) is 20.9 Å². The summed E-state index contributed by atoms with van der Waals surface area (Å²) < 4.78 is 119. The molecule has 0 saturated heterocycles. The van der Waals surface area contributed by atoms with E-state index in [-0.39, 0.29) is 12.1 Å². The molecule has 0 aromatic heterocycles. The van der Waals surface area contributed by atoms with Crippen LogP contribution in [0.25, 0.3) is 0 Å². The lowest BCUT2D eigenvalue weighted by atomic mass is 10.1. The molecule has 0 unspecified atom stereocenters. The number of halogens is 8. The third-order valence-corrected chi connectivity index (χ3v) is 4.12. The van der Waals surface area contributed by atoms with Crippen LogP contribution < -0.4 is 20.9 Å². The summed E-state index contributed by atoms with van der Waals surface area (Å²) in [5, 5.41) is 0. The zero-order valence-corrected chi connectivity index (χ0v) is 15.6. The summed E-state index contributed by atoms with van der Waals surface area (Å²) in [7, 11) is 0. The zero-order valence-electron chi connectivity index (χ0n) is 15.6. The Balaban J connectivity index is 2.22. The third-order valence-electron chi connectivity index (χ3n) is 4.12. The van der Waals surface area contributed by atoms with Gasteiger partial charge in [-0.1, -0.05) is 12.1 Å². The molecule has 0 bridgehead atoms. The topological polar surface area (TPSA) is 70.5 Å². The van der Waals surface area contributed by atoms with Crippen molar-refractivity contribution in [3.8, 4) is 23.0 Å². The molecule has 3 rings (SSSR count). The van der Waals surface area contributed by atoms with Crippen molar-refractivity contribution >= 4 is 11.4 Å². The summed E-state index contributed by atoms with van der Waals surface area (Å²) in [5.74, 6) is -6.48. The van der Waals surface area contributed by atoms with Crippen LogP contribution in [0.1, 0.15) is 11.1 Å². The lowest BCUT2D eigenvalue weighted by molar-refractivity contribution is -0.144. The average molecular weight is 464 g/mol. The number of anilines is 2. The fourth-order valence-corrected chi connectivity index (χ4v) is 2.62. The van der Waals surface area contributed by atoms with Crippen LogP contribution in [0.15, 0.2) is 48.5 Å². The van der Waals surface area contributed by atoms with Crippen molar-refractivity contribution in [2.24, 2.45) is 0 Å². The van der Waals surface area contributed by atoms with Gasteiger partial charge in [0.15, 0.2) is 23.1 Å². The smallest absolute Gasteiger partial charge is 0.420 e. The van der Waals surface area contributed by atoms with Gasteiger partial charge in [0.1, 0.15) is 11.5 Å². The van der Waals surface area contributed by atoms with E-state index in [1.807, 2.05) is 0 Å². The van der Waals surface area contributed by atoms with Gasteiger partial charge in [-0.05, 0) is 30.3 Å². The largest absolute Gasteiger partial charge is 0.453 e. The van der Waals surface area contributed by atoms with Gasteiger partial charge >= 0.3 is 12.4 Å². The number of nitrogen functional groups attached to an aromatic ring is 2. The molecule has 0 aliphatic rings. The molecular weight excluding hydrogens is 452 g/mol. The minimum Gasteiger partial charge on any atom is -0.453 e. The van der Waals surface area contributed by atoms with E-state index < -0.39 is 69.5 Å². The van der Waals surface area contributed by atoms with Gasteiger partial charge in [-0.25, -0.2) is 8.78 Å². The molecule has 0 spiro atoms. The molecule has 3 aromatic carbocycles. The summed E-state index contributed by atoms with van der Waals surface area (Å²) in [5.41, 5.74) is 6.00. The minimum atomic E-state index is -5.33. The normalized spacial score (nSPS) is 12.0. The first-order chi connectivity index (χ1) is 14.8. The monoisotopic (exact) mass is 464 g/mol. The van der Waals surface area contributed by atoms with Crippen LogP contribution in [0.4, 0.5) is 46.5 Å². The number of benzene rings is 3. The Morgan fingerprint density at radius 3 is 1.28 bits per heavy atom. The van der Waals surface area contributed by atoms with Gasteiger partial charge in [0.25, 0.3) is 0 Å². The molecule has 12 heteroatoms. The molecular formula is C20H12F8N2O2. The fourth-order valence-electron chi connectivity index (χ4n) is 2.62. The summed E-state index contributed by atoms with van der Waals surface area (Å²) >= 11 is 0. The highest BCUT2D eigenvalue weighted by Crippen LogP contribution is 2.47. The van der Waals surface area contributed by atoms with Crippen molar-refractivity contribution < 1.29 is 44.6 Å². The van der Waals surface area contributed by atoms with Crippen molar-refractivity contribution in [3.63, 3.8) is 0 Å². The number of ether oxygens (including phenoxy) is 2. The van der Waals surface area contributed by atoms with Crippen LogP contribution in [0.3, 0.4) is 0 Å². The highest BCUT2D eigenvalue weighted by atomic mass is 19.4. The number of rotatable bonds is 4. The minimum absolute atomic E-state index is 0.233. The van der Waals surface area contributed by atoms with Crippen molar-refractivity contribution in [3.05, 3.63) is 71.3 Å². The first-order valence-electron chi connectivity index (χ1n) is 8.55. The van der Waals surface area contributed by atoms with Crippen molar-refractivity contribution in [1.82, 2.24) is 0 Å². The Kier molecular flexibility index (Phi) is 5.81. The van der Waals surface area contributed by atoms with Gasteiger partial charge < -0.3 is 20.9 Å². The molecule has 0 aliphatic carbocycles. The average Bonchev–Trinajstić information content (AvgIpc) is 2.67. The van der Waals surface area contributed by atoms with Crippen molar-refractivity contribution in [1.29, 1.82) is 0 Å². The molecule has 32 heavy (non-hydrogen) atoms. The molecule has 0 aliphatic heterocycles. The van der Waals surface area contributed by atoms with Crippen LogP contribution in [0, 0.1) is 11.6 Å². The van der Waals surface area contributed by atoms with E-state index in [1.54, 1.807) is 0 Å². The maximum absolute atomic E-state index is 14.1. The van der Waals surface area contributed by atoms with Gasteiger partial charge in [0.2, 0.25) is 0 Å². The van der Waals surface area contributed by atoms with E-state index in [1.165, 1.54) is 0 Å². The molecule has 170 valence electrons. The quantitative estimate of drug-likeness (QED) is 0.331. The summed E-state index contributed by atoms with van der Waals surface area (Å²) in [4.78, 5) is 0. The number of hydrogen-bond acceptors (Lipinski definition) is 4. The second kappa shape index (κ2) is 8.09. The first-order valence-corrected chi connectivity index (χ1v) is 8.55. The van der Waals surface area contributed by atoms with Gasteiger partial charge in [0.05, 0.1) is 22.5 Å². The molecule has 0 heterocycles. The molecule has 3 aromatic rings. The second-order valence-corrected chi connectivity index (χ2v) is 6.36. The second-order valence-electron chi connectivity index (χ2n) is 6.36. The number of hydrogen-bond donors (Lipinski definition) is 2. The zero-order chi connectivity index (χ0) is 23.8. The van der Waals surface area contributed by atoms with Gasteiger partial charge in [-0.3, -0.25) is 0 Å². The van der Waals surface area contributed by atoms with Crippen LogP contribution in [-0.4, -0.2) is 0 Å². The lowest BCUT2D eigenvalue weighted by Crippen LogP contribution is -2.14. The number of nitrogens with two attached hydrogens (primary N) is 2. The van der Waals surface area contributed by atoms with Gasteiger partial charge in [-0.15, -0.1) is 0 Å². The maximum Gasteiger partial charge on any atom is 0.420 e. The molecule has 0 amide bonds. The van der Waals surface area contributed by atoms with Crippen LogP contribution >= 0.6 is 0 Å². The molecule has 0 radical (unpaired) electrons. The Hall–Kier alpha value is -3.70. The highest BCUT2D eigenvalue weighted by molar-refractivity contribution is 5.55. The van der Waals surface area contributed by atoms with Crippen molar-refractivity contribution in [2.45, 2.75) is 12.4 Å². The van der Waals surface area contributed by atoms with Gasteiger partial charge in [-0.2, -0.15) is 26.3 Å². The Morgan fingerprint density at radius 2 is 0.938 bits per heavy atom. The standard InChI is InChI=1S/C20H12F8N2O2/c21-17-11(29)3-1-5-13(17)31-15-8-16(32-14-6-2-4-12(30)18(14)22)10(20(26,27)28)7-9(15)19(23,24)25/h1-8H,29-30H2. The highest BCUT2D eigenvalue weighted by Gasteiger charge is 2.42. The first kappa shape index (κ1) is 23.0. The van der Waals surface area contributed by atoms with E-state index in [9.17, 15) is 35.1 Å². The van der Waals surface area contributed by atoms with Crippen LogP contribution in [-0.2, 0) is 12.4 Å². The van der Waals surface area contributed by atoms with E-state index in [0.717, 1.165) is 36.4 Å². The van der Waals surface area contributed by atoms with E-state index >= 15 is 0 Å². The van der Waals surface area contributed by atoms with E-state index in [2.05, 4.69) is 0 Å². The lowest BCUT2D eigenvalue weighted by Gasteiger charge is -2.20. The molecule has 0 saturated carbocycles. The fraction of sp³-hybridized carbons (Fsp3) is 0.100. The summed E-state index contributed by atoms with van der Waals surface area (Å²) in [6.07, 6.45) is -10.7. The SMILES string of the molecule is Nc1cccc(Oc2cc(Oc3cccc(N)c3F)c(C(F)(F)F)cc2C(F)(F)F)c1F. The molecule has 4 nitrogen and oxygen atoms in total. The maximum atomic E-state index is 14.1. The molecule has 0 atom stereocenters. The molecule has 0 fully saturated rings. The van der Waals surface area contributed by atoms with Crippen molar-refractivity contribution in [2.75, 3.05) is 11.5 Å². The summed E-state index contributed by atoms with van der Waals surface area (Å²) in [6, 6.07) is 6.29. The predicted molar refractivity (Wildman–Crippen MR) is 98.2 cm³/mol. The Bertz CT molecular complexity index is 1070.